The first-order chi connectivity index (χ1) is 15.3. The average Bonchev–Trinajstić information content (AvgIpc) is 2.74. The number of halogens is 3. The number of aromatic nitrogens is 1. The summed E-state index contributed by atoms with van der Waals surface area (Å²) in [4.78, 5) is 25.7. The molecule has 2 rings (SSSR count). The zero-order valence-electron chi connectivity index (χ0n) is 18.1. The zero-order valence-corrected chi connectivity index (χ0v) is 18.9. The SMILES string of the molecule is CNS(=O)(=O)Nc1ccc(-c2ccccc2)n(CC(=O)N[C@@H](C(C)C)[C@H](O)C(F)(F)F)c1=O. The van der Waals surface area contributed by atoms with Gasteiger partial charge in [0, 0.05) is 7.05 Å². The molecule has 0 bridgehead atoms. The predicted octanol–water partition coefficient (Wildman–Crippen LogP) is 1.46. The molecule has 1 aromatic carbocycles. The van der Waals surface area contributed by atoms with Gasteiger partial charge in [-0.25, -0.2) is 4.72 Å². The molecule has 0 aliphatic heterocycles. The van der Waals surface area contributed by atoms with Crippen molar-refractivity contribution >= 4 is 21.8 Å². The number of amides is 1. The number of aliphatic hydroxyl groups is 1. The quantitative estimate of drug-likeness (QED) is 0.423. The van der Waals surface area contributed by atoms with Gasteiger partial charge in [0.1, 0.15) is 12.2 Å². The van der Waals surface area contributed by atoms with E-state index in [0.29, 0.717) is 5.56 Å². The summed E-state index contributed by atoms with van der Waals surface area (Å²) in [5.41, 5.74) is -0.503. The van der Waals surface area contributed by atoms with Gasteiger partial charge in [0.25, 0.3) is 15.8 Å². The van der Waals surface area contributed by atoms with Crippen LogP contribution in [0.1, 0.15) is 13.8 Å². The molecule has 1 amide bonds. The molecule has 2 atom stereocenters. The summed E-state index contributed by atoms with van der Waals surface area (Å²) in [7, 11) is -2.92. The van der Waals surface area contributed by atoms with Gasteiger partial charge in [-0.1, -0.05) is 44.2 Å². The number of rotatable bonds is 9. The summed E-state index contributed by atoms with van der Waals surface area (Å²) < 4.78 is 67.6. The second-order valence-corrected chi connectivity index (χ2v) is 9.14. The average molecular weight is 491 g/mol. The zero-order chi connectivity index (χ0) is 25.0. The first-order valence-corrected chi connectivity index (χ1v) is 11.3. The molecular weight excluding hydrogens is 465 g/mol. The van der Waals surface area contributed by atoms with Gasteiger partial charge in [0.15, 0.2) is 6.10 Å². The van der Waals surface area contributed by atoms with Crippen molar-refractivity contribution in [2.75, 3.05) is 11.8 Å². The van der Waals surface area contributed by atoms with E-state index in [0.717, 1.165) is 11.6 Å². The summed E-state index contributed by atoms with van der Waals surface area (Å²) in [6.07, 6.45) is -7.76. The fraction of sp³-hybridized carbons (Fsp3) is 0.400. The van der Waals surface area contributed by atoms with Gasteiger partial charge in [-0.15, -0.1) is 0 Å². The van der Waals surface area contributed by atoms with E-state index in [1.165, 1.54) is 26.0 Å². The van der Waals surface area contributed by atoms with E-state index >= 15 is 0 Å². The Morgan fingerprint density at radius 3 is 2.24 bits per heavy atom. The van der Waals surface area contributed by atoms with Crippen LogP contribution in [0.15, 0.2) is 47.3 Å². The van der Waals surface area contributed by atoms with Gasteiger partial charge in [-0.2, -0.15) is 21.6 Å². The molecule has 0 aliphatic carbocycles. The van der Waals surface area contributed by atoms with Crippen molar-refractivity contribution in [1.82, 2.24) is 14.6 Å². The van der Waals surface area contributed by atoms with E-state index in [-0.39, 0.29) is 11.4 Å². The molecule has 1 heterocycles. The van der Waals surface area contributed by atoms with Crippen LogP contribution in [0, 0.1) is 5.92 Å². The maximum Gasteiger partial charge on any atom is 0.416 e. The minimum atomic E-state index is -4.96. The topological polar surface area (TPSA) is 130 Å². The Morgan fingerprint density at radius 1 is 1.12 bits per heavy atom. The highest BCUT2D eigenvalue weighted by atomic mass is 32.2. The predicted molar refractivity (Wildman–Crippen MR) is 117 cm³/mol. The van der Waals surface area contributed by atoms with Crippen LogP contribution in [-0.4, -0.2) is 49.4 Å². The van der Waals surface area contributed by atoms with Crippen molar-refractivity contribution < 1.29 is 31.5 Å². The molecule has 13 heteroatoms. The van der Waals surface area contributed by atoms with Crippen LogP contribution in [0.4, 0.5) is 18.9 Å². The van der Waals surface area contributed by atoms with Crippen molar-refractivity contribution in [1.29, 1.82) is 0 Å². The van der Waals surface area contributed by atoms with E-state index in [1.807, 2.05) is 9.44 Å². The molecule has 0 saturated carbocycles. The molecule has 0 saturated heterocycles. The number of anilines is 1. The third kappa shape index (κ3) is 6.79. The van der Waals surface area contributed by atoms with Crippen molar-refractivity contribution in [3.63, 3.8) is 0 Å². The Bertz CT molecular complexity index is 1130. The lowest BCUT2D eigenvalue weighted by Gasteiger charge is -2.29. The van der Waals surface area contributed by atoms with Crippen molar-refractivity contribution in [3.8, 4) is 11.3 Å². The molecule has 0 radical (unpaired) electrons. The smallest absolute Gasteiger partial charge is 0.382 e. The fourth-order valence-corrected chi connectivity index (χ4v) is 3.61. The summed E-state index contributed by atoms with van der Waals surface area (Å²) in [5, 5.41) is 11.8. The molecule has 1 aromatic heterocycles. The normalized spacial score (nSPS) is 14.1. The lowest BCUT2D eigenvalue weighted by molar-refractivity contribution is -0.215. The number of carbonyl (C=O) groups excluding carboxylic acids is 1. The number of hydrogen-bond acceptors (Lipinski definition) is 5. The van der Waals surface area contributed by atoms with E-state index in [9.17, 15) is 36.3 Å². The second kappa shape index (κ2) is 10.4. The molecule has 2 aromatic rings. The Kier molecular flexibility index (Phi) is 8.27. The Balaban J connectivity index is 2.47. The van der Waals surface area contributed by atoms with Crippen LogP contribution >= 0.6 is 0 Å². The lowest BCUT2D eigenvalue weighted by atomic mass is 9.98. The molecule has 33 heavy (non-hydrogen) atoms. The van der Waals surface area contributed by atoms with Gasteiger partial charge in [0.2, 0.25) is 5.91 Å². The molecule has 9 nitrogen and oxygen atoms in total. The second-order valence-electron chi connectivity index (χ2n) is 7.52. The van der Waals surface area contributed by atoms with Crippen LogP contribution < -0.4 is 20.3 Å². The number of pyridine rings is 1. The van der Waals surface area contributed by atoms with E-state index in [2.05, 4.69) is 5.32 Å². The van der Waals surface area contributed by atoms with Gasteiger partial charge < -0.3 is 10.4 Å². The van der Waals surface area contributed by atoms with Gasteiger partial charge in [-0.3, -0.25) is 18.9 Å². The number of nitrogens with zero attached hydrogens (tertiary/aromatic N) is 1. The van der Waals surface area contributed by atoms with E-state index < -0.39 is 52.5 Å². The van der Waals surface area contributed by atoms with Gasteiger partial charge in [-0.05, 0) is 23.6 Å². The van der Waals surface area contributed by atoms with Crippen LogP contribution in [-0.2, 0) is 21.5 Å². The first kappa shape index (κ1) is 26.4. The third-order valence-corrected chi connectivity index (χ3v) is 5.81. The van der Waals surface area contributed by atoms with Crippen LogP contribution in [0.2, 0.25) is 0 Å². The van der Waals surface area contributed by atoms with Crippen molar-refractivity contribution in [2.45, 2.75) is 38.7 Å². The molecule has 182 valence electrons. The summed E-state index contributed by atoms with van der Waals surface area (Å²) in [5.74, 6) is -1.74. The van der Waals surface area contributed by atoms with E-state index in [4.69, 9.17) is 0 Å². The molecule has 0 spiro atoms. The highest BCUT2D eigenvalue weighted by Crippen LogP contribution is 2.25. The maximum atomic E-state index is 13.0. The molecule has 0 unspecified atom stereocenters. The fourth-order valence-electron chi connectivity index (χ4n) is 3.06. The number of aliphatic hydroxyl groups excluding tert-OH is 1. The lowest BCUT2D eigenvalue weighted by Crippen LogP contribution is -2.53. The molecule has 0 aliphatic rings. The maximum absolute atomic E-state index is 13.0. The monoisotopic (exact) mass is 490 g/mol. The Hall–Kier alpha value is -2.90. The minimum absolute atomic E-state index is 0.237. The molecule has 0 fully saturated rings. The Labute approximate surface area is 188 Å². The standard InChI is InChI=1S/C20H25F3N4O5S/c1-12(2)17(18(29)20(21,22)23)25-16(28)11-27-15(13-7-5-4-6-8-13)10-9-14(19(27)30)26-33(31,32)24-3/h4-10,12,17-18,24,26,29H,11H2,1-3H3,(H,25,28)/t17-,18-/m0/s1. The van der Waals surface area contributed by atoms with Crippen molar-refractivity contribution in [2.24, 2.45) is 5.92 Å². The minimum Gasteiger partial charge on any atom is -0.382 e. The largest absolute Gasteiger partial charge is 0.416 e. The van der Waals surface area contributed by atoms with Crippen LogP contribution in [0.5, 0.6) is 0 Å². The number of hydrogen-bond donors (Lipinski definition) is 4. The van der Waals surface area contributed by atoms with Crippen LogP contribution in [0.25, 0.3) is 11.3 Å². The number of nitrogens with one attached hydrogen (secondary N) is 3. The first-order valence-electron chi connectivity index (χ1n) is 9.81. The van der Waals surface area contributed by atoms with Gasteiger partial charge in [0.05, 0.1) is 11.7 Å². The van der Waals surface area contributed by atoms with Crippen molar-refractivity contribution in [3.05, 3.63) is 52.8 Å². The molecular formula is C20H25F3N4O5S. The summed E-state index contributed by atoms with van der Waals surface area (Å²) in [6.45, 7) is 2.08. The van der Waals surface area contributed by atoms with E-state index in [1.54, 1.807) is 30.3 Å². The Morgan fingerprint density at radius 2 is 1.73 bits per heavy atom. The third-order valence-electron chi connectivity index (χ3n) is 4.78. The summed E-state index contributed by atoms with van der Waals surface area (Å²) in [6, 6.07) is 9.34. The number of benzene rings is 1. The highest BCUT2D eigenvalue weighted by Gasteiger charge is 2.45. The molecule has 4 N–H and O–H groups in total. The van der Waals surface area contributed by atoms with Crippen LogP contribution in [0.3, 0.4) is 0 Å². The highest BCUT2D eigenvalue weighted by molar-refractivity contribution is 7.90. The number of carbonyl (C=O) groups is 1. The summed E-state index contributed by atoms with van der Waals surface area (Å²) >= 11 is 0. The van der Waals surface area contributed by atoms with Gasteiger partial charge >= 0.3 is 6.18 Å². The number of alkyl halides is 3.